The maximum atomic E-state index is 11.7. The van der Waals surface area contributed by atoms with Crippen LogP contribution in [-0.2, 0) is 0 Å². The lowest BCUT2D eigenvalue weighted by Crippen LogP contribution is -1.97. The van der Waals surface area contributed by atoms with Gasteiger partial charge in [0.2, 0.25) is 0 Å². The van der Waals surface area contributed by atoms with Gasteiger partial charge in [0.25, 0.3) is 0 Å². The molecule has 1 heterocycles. The molecule has 0 saturated carbocycles. The maximum Gasteiger partial charge on any atom is 0.179 e. The van der Waals surface area contributed by atoms with Crippen molar-refractivity contribution in [2.24, 2.45) is 0 Å². The van der Waals surface area contributed by atoms with Gasteiger partial charge < -0.3 is 14.8 Å². The fourth-order valence-electron chi connectivity index (χ4n) is 2.81. The minimum absolute atomic E-state index is 0.0828. The van der Waals surface area contributed by atoms with Crippen LogP contribution in [0.15, 0.2) is 45.6 Å². The predicted octanol–water partition coefficient (Wildman–Crippen LogP) is 4.29. The third-order valence-electron chi connectivity index (χ3n) is 3.91. The highest BCUT2D eigenvalue weighted by Gasteiger charge is 2.17. The number of hydrogen-bond donors (Lipinski definition) is 2. The first kappa shape index (κ1) is 14.8. The number of rotatable bonds is 2. The van der Waals surface area contributed by atoms with Crippen LogP contribution in [0.4, 0.5) is 5.69 Å². The maximum absolute atomic E-state index is 11.7. The predicted molar refractivity (Wildman–Crippen MR) is 96.1 cm³/mol. The fourth-order valence-corrected chi connectivity index (χ4v) is 3.04. The van der Waals surface area contributed by atoms with Crippen LogP contribution in [0.3, 0.4) is 0 Å². The topological polar surface area (TPSA) is 75.4 Å². The van der Waals surface area contributed by atoms with E-state index in [1.54, 1.807) is 6.07 Å². The van der Waals surface area contributed by atoms with Crippen molar-refractivity contribution in [3.8, 4) is 5.75 Å². The van der Waals surface area contributed by atoms with Gasteiger partial charge in [-0.25, -0.2) is 4.98 Å². The average Bonchev–Trinajstić information content (AvgIpc) is 2.58. The Kier molecular flexibility index (Phi) is 3.32. The van der Waals surface area contributed by atoms with Gasteiger partial charge in [-0.1, -0.05) is 11.6 Å². The van der Waals surface area contributed by atoms with Crippen LogP contribution in [0, 0.1) is 0 Å². The number of aromatic hydroxyl groups is 1. The molecule has 0 fully saturated rings. The van der Waals surface area contributed by atoms with E-state index in [2.05, 4.69) is 10.3 Å². The van der Waals surface area contributed by atoms with E-state index < -0.39 is 0 Å². The Balaban J connectivity index is 2.16. The molecule has 5 nitrogen and oxygen atoms in total. The zero-order valence-corrected chi connectivity index (χ0v) is 13.5. The van der Waals surface area contributed by atoms with E-state index >= 15 is 0 Å². The number of phenolic OH excluding ortho intramolecular Hbond substituents is 1. The van der Waals surface area contributed by atoms with Gasteiger partial charge in [-0.2, -0.15) is 0 Å². The van der Waals surface area contributed by atoms with Gasteiger partial charge in [0.15, 0.2) is 16.6 Å². The number of nitrogens with zero attached hydrogens (tertiary/aromatic N) is 1. The van der Waals surface area contributed by atoms with Gasteiger partial charge in [0.1, 0.15) is 21.8 Å². The summed E-state index contributed by atoms with van der Waals surface area (Å²) in [5.74, 6) is -0.119. The van der Waals surface area contributed by atoms with Crippen LogP contribution in [0.25, 0.3) is 33.0 Å². The van der Waals surface area contributed by atoms with E-state index in [9.17, 15) is 9.90 Å². The molecule has 0 saturated heterocycles. The average molecular weight is 341 g/mol. The lowest BCUT2D eigenvalue weighted by atomic mass is 10.1. The SMILES string of the molecule is CCNc1ccc2nc3c(oc2c1)c(Cl)c(O)c1ccc(=O)cc13. The minimum atomic E-state index is -0.171. The molecule has 0 unspecified atom stereocenters. The molecule has 4 aromatic rings. The molecule has 0 spiro atoms. The Morgan fingerprint density at radius 3 is 2.83 bits per heavy atom. The quantitative estimate of drug-likeness (QED) is 0.420. The van der Waals surface area contributed by atoms with Crippen LogP contribution in [-0.4, -0.2) is 16.6 Å². The van der Waals surface area contributed by atoms with Crippen molar-refractivity contribution in [3.63, 3.8) is 0 Å². The highest BCUT2D eigenvalue weighted by molar-refractivity contribution is 6.38. The van der Waals surface area contributed by atoms with Gasteiger partial charge in [-0.3, -0.25) is 4.79 Å². The molecule has 6 heteroatoms. The Morgan fingerprint density at radius 1 is 1.21 bits per heavy atom. The highest BCUT2D eigenvalue weighted by atomic mass is 35.5. The normalized spacial score (nSPS) is 11.4. The number of halogens is 1. The van der Waals surface area contributed by atoms with Crippen LogP contribution in [0.2, 0.25) is 5.02 Å². The van der Waals surface area contributed by atoms with E-state index in [4.69, 9.17) is 16.0 Å². The minimum Gasteiger partial charge on any atom is -0.506 e. The summed E-state index contributed by atoms with van der Waals surface area (Å²) in [5, 5.41) is 14.6. The Labute approximate surface area is 141 Å². The van der Waals surface area contributed by atoms with Gasteiger partial charge in [-0.05, 0) is 37.3 Å². The van der Waals surface area contributed by atoms with E-state index in [0.717, 1.165) is 12.2 Å². The molecular formula is C18H13ClN2O3. The van der Waals surface area contributed by atoms with Crippen molar-refractivity contribution >= 4 is 50.3 Å². The lowest BCUT2D eigenvalue weighted by molar-refractivity contribution is 0.481. The largest absolute Gasteiger partial charge is 0.506 e. The molecular weight excluding hydrogens is 328 g/mol. The molecule has 120 valence electrons. The Bertz CT molecular complexity index is 1170. The molecule has 2 N–H and O–H groups in total. The second kappa shape index (κ2) is 5.39. The molecule has 0 aliphatic rings. The van der Waals surface area contributed by atoms with Crippen LogP contribution in [0.1, 0.15) is 6.92 Å². The molecule has 0 radical (unpaired) electrons. The second-order valence-electron chi connectivity index (χ2n) is 5.47. The molecule has 1 aromatic heterocycles. The number of benzene rings is 3. The summed E-state index contributed by atoms with van der Waals surface area (Å²) in [7, 11) is 0. The van der Waals surface area contributed by atoms with E-state index in [-0.39, 0.29) is 21.8 Å². The number of aromatic nitrogens is 1. The monoisotopic (exact) mass is 340 g/mol. The van der Waals surface area contributed by atoms with Crippen molar-refractivity contribution in [3.05, 3.63) is 51.6 Å². The van der Waals surface area contributed by atoms with Gasteiger partial charge in [0, 0.05) is 29.1 Å². The summed E-state index contributed by atoms with van der Waals surface area (Å²) < 4.78 is 5.90. The van der Waals surface area contributed by atoms with E-state index in [1.165, 1.54) is 12.1 Å². The Hall–Kier alpha value is -2.79. The number of hydrogen-bond acceptors (Lipinski definition) is 5. The molecule has 4 rings (SSSR count). The van der Waals surface area contributed by atoms with Crippen molar-refractivity contribution in [1.29, 1.82) is 0 Å². The molecule has 3 aromatic carbocycles. The molecule has 0 atom stereocenters. The number of anilines is 1. The summed E-state index contributed by atoms with van der Waals surface area (Å²) in [6.07, 6.45) is 0. The third kappa shape index (κ3) is 2.17. The summed E-state index contributed by atoms with van der Waals surface area (Å²) >= 11 is 6.27. The van der Waals surface area contributed by atoms with Crippen molar-refractivity contribution in [1.82, 2.24) is 4.98 Å². The highest BCUT2D eigenvalue weighted by Crippen LogP contribution is 2.40. The van der Waals surface area contributed by atoms with Crippen LogP contribution < -0.4 is 10.7 Å². The van der Waals surface area contributed by atoms with Gasteiger partial charge in [-0.15, -0.1) is 0 Å². The summed E-state index contributed by atoms with van der Waals surface area (Å²) in [4.78, 5) is 16.3. The molecule has 0 bridgehead atoms. The first-order chi connectivity index (χ1) is 11.6. The summed E-state index contributed by atoms with van der Waals surface area (Å²) in [5.41, 5.74) is 2.62. The first-order valence-electron chi connectivity index (χ1n) is 7.51. The summed E-state index contributed by atoms with van der Waals surface area (Å²) in [6.45, 7) is 2.78. The van der Waals surface area contributed by atoms with E-state index in [0.29, 0.717) is 27.4 Å². The summed E-state index contributed by atoms with van der Waals surface area (Å²) in [6, 6.07) is 9.92. The van der Waals surface area contributed by atoms with Crippen molar-refractivity contribution in [2.45, 2.75) is 6.92 Å². The standard InChI is InChI=1S/C18H13ClN2O3/c1-2-20-9-3-6-13-14(7-9)24-18-15(19)17(23)11-5-4-10(22)8-12(11)16(18)21-13/h3-8,20,23H,2H2,1H3. The molecule has 0 aliphatic carbocycles. The van der Waals surface area contributed by atoms with Crippen molar-refractivity contribution < 1.29 is 9.52 Å². The molecule has 0 amide bonds. The van der Waals surface area contributed by atoms with Crippen molar-refractivity contribution in [2.75, 3.05) is 11.9 Å². The van der Waals surface area contributed by atoms with Gasteiger partial charge in [0.05, 0.1) is 0 Å². The Morgan fingerprint density at radius 2 is 2.04 bits per heavy atom. The number of phenols is 1. The zero-order valence-electron chi connectivity index (χ0n) is 12.8. The number of nitrogens with one attached hydrogen (secondary N) is 1. The molecule has 0 aliphatic heterocycles. The second-order valence-corrected chi connectivity index (χ2v) is 5.85. The molecule has 24 heavy (non-hydrogen) atoms. The zero-order chi connectivity index (χ0) is 16.8. The third-order valence-corrected chi connectivity index (χ3v) is 4.26. The van der Waals surface area contributed by atoms with E-state index in [1.807, 2.05) is 25.1 Å². The smallest absolute Gasteiger partial charge is 0.179 e. The van der Waals surface area contributed by atoms with Crippen LogP contribution in [0.5, 0.6) is 5.75 Å². The lowest BCUT2D eigenvalue weighted by Gasteiger charge is -2.10. The number of fused-ring (bicyclic) bond motifs is 4. The van der Waals surface area contributed by atoms with Gasteiger partial charge >= 0.3 is 0 Å². The fraction of sp³-hybridized carbons (Fsp3) is 0.111. The first-order valence-corrected chi connectivity index (χ1v) is 7.89. The van der Waals surface area contributed by atoms with Crippen LogP contribution >= 0.6 is 11.6 Å².